The molecule has 0 unspecified atom stereocenters. The van der Waals surface area contributed by atoms with Crippen molar-refractivity contribution in [1.29, 1.82) is 0 Å². The number of halogens is 1. The second kappa shape index (κ2) is 3.05. The second-order valence-electron chi connectivity index (χ2n) is 2.90. The Hall–Kier alpha value is 0.170. The molecule has 60 valence electrons. The summed E-state index contributed by atoms with van der Waals surface area (Å²) in [5.41, 5.74) is 5.80. The van der Waals surface area contributed by atoms with Crippen molar-refractivity contribution in [3.8, 4) is 0 Å². The summed E-state index contributed by atoms with van der Waals surface area (Å²) in [5, 5.41) is 0. The zero-order chi connectivity index (χ0) is 6.27. The predicted octanol–water partition coefficient (Wildman–Crippen LogP) is -0.676. The lowest BCUT2D eigenvalue weighted by Crippen LogP contribution is -2.63. The molecule has 3 heterocycles. The zero-order valence-electron chi connectivity index (χ0n) is 5.99. The fourth-order valence-electron chi connectivity index (χ4n) is 1.66. The van der Waals surface area contributed by atoms with E-state index in [-0.39, 0.29) is 12.4 Å². The normalized spacial score (nSPS) is 44.7. The fraction of sp³-hybridized carbons (Fsp3) is 1.00. The summed E-state index contributed by atoms with van der Waals surface area (Å²) < 4.78 is 0. The molecule has 2 bridgehead atoms. The van der Waals surface area contributed by atoms with Crippen molar-refractivity contribution in [2.45, 2.75) is 6.17 Å². The van der Waals surface area contributed by atoms with Gasteiger partial charge in [-0.15, -0.1) is 12.4 Å². The standard InChI is InChI=1S/C6H13N3.ClH/c7-6-5-8-1-3-9(6)4-2-8;/h6H,1-5,7H2;1H/t6-;/m0./s1. The molecule has 1 atom stereocenters. The Morgan fingerprint density at radius 3 is 1.90 bits per heavy atom. The SMILES string of the molecule is Cl.N[C@@H]1CN2CCN1CC2. The molecule has 0 aromatic rings. The van der Waals surface area contributed by atoms with Gasteiger partial charge in [-0.05, 0) is 0 Å². The molecule has 3 nitrogen and oxygen atoms in total. The molecular weight excluding hydrogens is 150 g/mol. The van der Waals surface area contributed by atoms with Crippen LogP contribution < -0.4 is 5.73 Å². The van der Waals surface area contributed by atoms with Gasteiger partial charge in [0.1, 0.15) is 0 Å². The van der Waals surface area contributed by atoms with E-state index in [0.717, 1.165) is 6.54 Å². The monoisotopic (exact) mass is 163 g/mol. The highest BCUT2D eigenvalue weighted by atomic mass is 35.5. The quantitative estimate of drug-likeness (QED) is 0.514. The number of nitrogens with two attached hydrogens (primary N) is 1. The minimum atomic E-state index is 0. The van der Waals surface area contributed by atoms with E-state index < -0.39 is 0 Å². The summed E-state index contributed by atoms with van der Waals surface area (Å²) >= 11 is 0. The maximum Gasteiger partial charge on any atom is 0.0703 e. The Labute approximate surface area is 67.6 Å². The summed E-state index contributed by atoms with van der Waals surface area (Å²) in [5.74, 6) is 0. The molecule has 0 aliphatic carbocycles. The van der Waals surface area contributed by atoms with Gasteiger partial charge in [0, 0.05) is 32.7 Å². The van der Waals surface area contributed by atoms with Crippen LogP contribution >= 0.6 is 12.4 Å². The van der Waals surface area contributed by atoms with E-state index in [0.29, 0.717) is 6.17 Å². The third kappa shape index (κ3) is 1.27. The van der Waals surface area contributed by atoms with Crippen LogP contribution in [0.2, 0.25) is 0 Å². The molecule has 0 aromatic carbocycles. The highest BCUT2D eigenvalue weighted by molar-refractivity contribution is 5.85. The van der Waals surface area contributed by atoms with Gasteiger partial charge in [0.2, 0.25) is 0 Å². The summed E-state index contributed by atoms with van der Waals surface area (Å²) in [7, 11) is 0. The average Bonchev–Trinajstić information content (AvgIpc) is 1.90. The fourth-order valence-corrected chi connectivity index (χ4v) is 1.66. The largest absolute Gasteiger partial charge is 0.315 e. The molecule has 0 amide bonds. The molecule has 4 heteroatoms. The van der Waals surface area contributed by atoms with E-state index >= 15 is 0 Å². The summed E-state index contributed by atoms with van der Waals surface area (Å²) in [6.45, 7) is 5.91. The number of hydrogen-bond donors (Lipinski definition) is 1. The molecule has 3 saturated heterocycles. The molecule has 0 spiro atoms. The maximum absolute atomic E-state index is 5.80. The average molecular weight is 164 g/mol. The maximum atomic E-state index is 5.80. The van der Waals surface area contributed by atoms with Crippen LogP contribution in [-0.4, -0.2) is 48.7 Å². The number of hydrogen-bond acceptors (Lipinski definition) is 3. The van der Waals surface area contributed by atoms with Crippen LogP contribution in [-0.2, 0) is 0 Å². The van der Waals surface area contributed by atoms with E-state index in [9.17, 15) is 0 Å². The van der Waals surface area contributed by atoms with Crippen molar-refractivity contribution in [3.63, 3.8) is 0 Å². The molecule has 10 heavy (non-hydrogen) atoms. The van der Waals surface area contributed by atoms with Crippen molar-refractivity contribution in [2.24, 2.45) is 5.73 Å². The van der Waals surface area contributed by atoms with Crippen molar-refractivity contribution >= 4 is 12.4 Å². The van der Waals surface area contributed by atoms with Crippen molar-refractivity contribution in [3.05, 3.63) is 0 Å². The third-order valence-electron chi connectivity index (χ3n) is 2.32. The molecular formula is C6H14ClN3. The minimum absolute atomic E-state index is 0. The number of rotatable bonds is 0. The van der Waals surface area contributed by atoms with Crippen molar-refractivity contribution < 1.29 is 0 Å². The summed E-state index contributed by atoms with van der Waals surface area (Å²) in [4.78, 5) is 4.80. The zero-order valence-corrected chi connectivity index (χ0v) is 6.81. The molecule has 3 fully saturated rings. The first-order chi connectivity index (χ1) is 4.36. The second-order valence-corrected chi connectivity index (χ2v) is 2.90. The van der Waals surface area contributed by atoms with Crippen LogP contribution in [0.1, 0.15) is 0 Å². The minimum Gasteiger partial charge on any atom is -0.315 e. The van der Waals surface area contributed by atoms with Gasteiger partial charge in [-0.25, -0.2) is 0 Å². The third-order valence-corrected chi connectivity index (χ3v) is 2.32. The van der Waals surface area contributed by atoms with Gasteiger partial charge >= 0.3 is 0 Å². The van der Waals surface area contributed by atoms with Crippen LogP contribution in [0.3, 0.4) is 0 Å². The van der Waals surface area contributed by atoms with Crippen LogP contribution in [0.5, 0.6) is 0 Å². The number of fused-ring (bicyclic) bond motifs is 3. The van der Waals surface area contributed by atoms with Crippen LogP contribution in [0.25, 0.3) is 0 Å². The van der Waals surface area contributed by atoms with E-state index in [4.69, 9.17) is 5.73 Å². The first kappa shape index (κ1) is 8.27. The van der Waals surface area contributed by atoms with Crippen LogP contribution in [0.4, 0.5) is 0 Å². The van der Waals surface area contributed by atoms with Gasteiger partial charge < -0.3 is 5.73 Å². The lowest BCUT2D eigenvalue weighted by molar-refractivity contribution is 0.0161. The summed E-state index contributed by atoms with van der Waals surface area (Å²) in [6.07, 6.45) is 0.326. The topological polar surface area (TPSA) is 32.5 Å². The van der Waals surface area contributed by atoms with E-state index in [2.05, 4.69) is 9.80 Å². The highest BCUT2D eigenvalue weighted by Gasteiger charge is 2.28. The van der Waals surface area contributed by atoms with Crippen LogP contribution in [0, 0.1) is 0 Å². The van der Waals surface area contributed by atoms with Gasteiger partial charge in [0.05, 0.1) is 6.17 Å². The van der Waals surface area contributed by atoms with Gasteiger partial charge in [-0.3, -0.25) is 9.80 Å². The van der Waals surface area contributed by atoms with Gasteiger partial charge in [0.25, 0.3) is 0 Å². The lowest BCUT2D eigenvalue weighted by atomic mass is 10.2. The Morgan fingerprint density at radius 2 is 1.70 bits per heavy atom. The Kier molecular flexibility index (Phi) is 2.52. The lowest BCUT2D eigenvalue weighted by Gasteiger charge is -2.45. The van der Waals surface area contributed by atoms with Gasteiger partial charge in [0.15, 0.2) is 0 Å². The molecule has 3 rings (SSSR count). The predicted molar refractivity (Wildman–Crippen MR) is 43.2 cm³/mol. The Morgan fingerprint density at radius 1 is 1.10 bits per heavy atom. The molecule has 3 aliphatic heterocycles. The van der Waals surface area contributed by atoms with Crippen LogP contribution in [0.15, 0.2) is 0 Å². The molecule has 2 N–H and O–H groups in total. The number of nitrogens with zero attached hydrogens (tertiary/aromatic N) is 2. The first-order valence-electron chi connectivity index (χ1n) is 3.58. The smallest absolute Gasteiger partial charge is 0.0703 e. The van der Waals surface area contributed by atoms with E-state index in [1.54, 1.807) is 0 Å². The van der Waals surface area contributed by atoms with Gasteiger partial charge in [-0.2, -0.15) is 0 Å². The van der Waals surface area contributed by atoms with Crippen molar-refractivity contribution in [2.75, 3.05) is 32.7 Å². The molecule has 0 aromatic heterocycles. The van der Waals surface area contributed by atoms with Gasteiger partial charge in [-0.1, -0.05) is 0 Å². The summed E-state index contributed by atoms with van der Waals surface area (Å²) in [6, 6.07) is 0. The first-order valence-corrected chi connectivity index (χ1v) is 3.58. The molecule has 3 aliphatic rings. The Bertz CT molecular complexity index is 112. The van der Waals surface area contributed by atoms with E-state index in [1.165, 1.54) is 26.2 Å². The van der Waals surface area contributed by atoms with Crippen molar-refractivity contribution in [1.82, 2.24) is 9.80 Å². The Balaban J connectivity index is 0.000000500. The van der Waals surface area contributed by atoms with E-state index in [1.807, 2.05) is 0 Å². The molecule has 0 saturated carbocycles. The highest BCUT2D eigenvalue weighted by Crippen LogP contribution is 2.10. The molecule has 0 radical (unpaired) electrons. The number of piperazine rings is 3.